The molecular formula is C33H39N5O3. The summed E-state index contributed by atoms with van der Waals surface area (Å²) in [5, 5.41) is 5.77. The molecule has 0 spiro atoms. The van der Waals surface area contributed by atoms with Crippen LogP contribution >= 0.6 is 0 Å². The molecule has 214 valence electrons. The smallest absolute Gasteiger partial charge is 0.243 e. The van der Waals surface area contributed by atoms with E-state index in [-0.39, 0.29) is 36.7 Å². The Morgan fingerprint density at radius 1 is 0.854 bits per heavy atom. The van der Waals surface area contributed by atoms with Gasteiger partial charge in [-0.2, -0.15) is 0 Å². The van der Waals surface area contributed by atoms with Crippen LogP contribution in [0.4, 0.5) is 5.69 Å². The zero-order valence-electron chi connectivity index (χ0n) is 23.7. The van der Waals surface area contributed by atoms with E-state index >= 15 is 0 Å². The van der Waals surface area contributed by atoms with Crippen LogP contribution < -0.4 is 10.6 Å². The van der Waals surface area contributed by atoms with Crippen molar-refractivity contribution in [1.29, 1.82) is 0 Å². The van der Waals surface area contributed by atoms with Gasteiger partial charge in [0, 0.05) is 45.0 Å². The van der Waals surface area contributed by atoms with Gasteiger partial charge in [-0.05, 0) is 29.2 Å². The third-order valence-corrected chi connectivity index (χ3v) is 8.06. The molecule has 41 heavy (non-hydrogen) atoms. The van der Waals surface area contributed by atoms with Gasteiger partial charge < -0.3 is 15.5 Å². The lowest BCUT2D eigenvalue weighted by molar-refractivity contribution is -0.145. The molecule has 2 fully saturated rings. The predicted molar refractivity (Wildman–Crippen MR) is 160 cm³/mol. The Morgan fingerprint density at radius 2 is 1.46 bits per heavy atom. The lowest BCUT2D eigenvalue weighted by Crippen LogP contribution is -2.60. The second-order valence-electron chi connectivity index (χ2n) is 10.7. The number of nitrogens with zero attached hydrogens (tertiary/aromatic N) is 3. The number of rotatable bonds is 9. The number of hydrogen-bond donors (Lipinski definition) is 2. The number of para-hydroxylation sites is 1. The molecule has 3 aromatic carbocycles. The van der Waals surface area contributed by atoms with Gasteiger partial charge in [-0.25, -0.2) is 0 Å². The van der Waals surface area contributed by atoms with Crippen molar-refractivity contribution < 1.29 is 14.4 Å². The molecule has 1 atom stereocenters. The highest BCUT2D eigenvalue weighted by molar-refractivity contribution is 5.98. The molecule has 2 saturated heterocycles. The average molecular weight is 554 g/mol. The van der Waals surface area contributed by atoms with Crippen molar-refractivity contribution in [3.63, 3.8) is 0 Å². The van der Waals surface area contributed by atoms with E-state index in [4.69, 9.17) is 0 Å². The van der Waals surface area contributed by atoms with Crippen LogP contribution in [0.3, 0.4) is 0 Å². The maximum absolute atomic E-state index is 13.5. The monoisotopic (exact) mass is 553 g/mol. The van der Waals surface area contributed by atoms with Gasteiger partial charge in [0.25, 0.3) is 0 Å². The van der Waals surface area contributed by atoms with Crippen LogP contribution in [0.2, 0.25) is 0 Å². The van der Waals surface area contributed by atoms with E-state index in [0.717, 1.165) is 43.9 Å². The van der Waals surface area contributed by atoms with Crippen LogP contribution in [0.15, 0.2) is 84.9 Å². The highest BCUT2D eigenvalue weighted by Gasteiger charge is 2.36. The quantitative estimate of drug-likeness (QED) is 0.425. The highest BCUT2D eigenvalue weighted by atomic mass is 16.2. The zero-order valence-corrected chi connectivity index (χ0v) is 23.7. The second kappa shape index (κ2) is 13.6. The summed E-state index contributed by atoms with van der Waals surface area (Å²) in [5.74, 6) is -0.656. The zero-order chi connectivity index (χ0) is 28.6. The fraction of sp³-hybridized carbons (Fsp3) is 0.364. The average Bonchev–Trinajstić information content (AvgIpc) is 3.00. The summed E-state index contributed by atoms with van der Waals surface area (Å²) in [6, 6.07) is 28.1. The fourth-order valence-electron chi connectivity index (χ4n) is 5.89. The third-order valence-electron chi connectivity index (χ3n) is 8.06. The normalized spacial score (nSPS) is 18.2. The predicted octanol–water partition coefficient (Wildman–Crippen LogP) is 3.31. The molecule has 2 aliphatic heterocycles. The number of carbonyl (C=O) groups is 3. The Hall–Kier alpha value is -4.01. The SMILES string of the molecule is CCc1ccccc1NC(=O)C[C@@H]1C(=O)NCCN1C(=O)CN1CCN(C(c2ccccc2)c2ccccc2)CC1. The summed E-state index contributed by atoms with van der Waals surface area (Å²) in [6.45, 7) is 6.21. The van der Waals surface area contributed by atoms with Crippen LogP contribution in [-0.4, -0.2) is 84.3 Å². The van der Waals surface area contributed by atoms with E-state index < -0.39 is 6.04 Å². The molecular weight excluding hydrogens is 514 g/mol. The van der Waals surface area contributed by atoms with Crippen LogP contribution in [0.25, 0.3) is 0 Å². The Bertz CT molecular complexity index is 1290. The molecule has 2 N–H and O–H groups in total. The lowest BCUT2D eigenvalue weighted by atomic mass is 9.96. The van der Waals surface area contributed by atoms with Gasteiger partial charge in [-0.15, -0.1) is 0 Å². The van der Waals surface area contributed by atoms with Gasteiger partial charge in [0.15, 0.2) is 0 Å². The molecule has 0 radical (unpaired) electrons. The molecule has 0 unspecified atom stereocenters. The standard InChI is InChI=1S/C33H39N5O3/c1-2-25-11-9-10-16-28(25)35-30(39)23-29-33(41)34-17-18-38(29)31(40)24-36-19-21-37(22-20-36)32(26-12-5-3-6-13-26)27-14-7-4-8-15-27/h3-16,29,32H,2,17-24H2,1H3,(H,34,41)(H,35,39)/t29-/m1/s1. The molecule has 2 heterocycles. The Balaban J connectivity index is 1.20. The Kier molecular flexibility index (Phi) is 9.44. The van der Waals surface area contributed by atoms with Gasteiger partial charge in [0.1, 0.15) is 6.04 Å². The van der Waals surface area contributed by atoms with E-state index in [1.54, 1.807) is 4.90 Å². The van der Waals surface area contributed by atoms with E-state index in [1.807, 2.05) is 43.3 Å². The molecule has 0 saturated carbocycles. The van der Waals surface area contributed by atoms with Crippen LogP contribution in [0.1, 0.15) is 36.1 Å². The molecule has 3 amide bonds. The number of amides is 3. The summed E-state index contributed by atoms with van der Waals surface area (Å²) < 4.78 is 0. The largest absolute Gasteiger partial charge is 0.353 e. The van der Waals surface area contributed by atoms with Crippen molar-refractivity contribution >= 4 is 23.4 Å². The summed E-state index contributed by atoms with van der Waals surface area (Å²) >= 11 is 0. The van der Waals surface area contributed by atoms with Crippen molar-refractivity contribution in [3.05, 3.63) is 102 Å². The van der Waals surface area contributed by atoms with Crippen molar-refractivity contribution in [3.8, 4) is 0 Å². The first kappa shape index (κ1) is 28.5. The first-order chi connectivity index (χ1) is 20.0. The summed E-state index contributed by atoms with van der Waals surface area (Å²) in [4.78, 5) is 45.4. The number of benzene rings is 3. The molecule has 0 bridgehead atoms. The lowest BCUT2D eigenvalue weighted by Gasteiger charge is -2.41. The number of hydrogen-bond acceptors (Lipinski definition) is 5. The van der Waals surface area contributed by atoms with E-state index in [9.17, 15) is 14.4 Å². The molecule has 8 nitrogen and oxygen atoms in total. The topological polar surface area (TPSA) is 85.0 Å². The minimum atomic E-state index is -0.813. The van der Waals surface area contributed by atoms with Crippen LogP contribution in [0, 0.1) is 0 Å². The maximum Gasteiger partial charge on any atom is 0.243 e. The van der Waals surface area contributed by atoms with E-state index in [2.05, 4.69) is 69.0 Å². The Morgan fingerprint density at radius 3 is 2.10 bits per heavy atom. The first-order valence-corrected chi connectivity index (χ1v) is 14.5. The second-order valence-corrected chi connectivity index (χ2v) is 10.7. The summed E-state index contributed by atoms with van der Waals surface area (Å²) in [5.41, 5.74) is 4.29. The van der Waals surface area contributed by atoms with Crippen molar-refractivity contribution in [2.24, 2.45) is 0 Å². The number of carbonyl (C=O) groups excluding carboxylic acids is 3. The number of nitrogens with one attached hydrogen (secondary N) is 2. The van der Waals surface area contributed by atoms with Gasteiger partial charge in [-0.1, -0.05) is 85.8 Å². The first-order valence-electron chi connectivity index (χ1n) is 14.5. The molecule has 3 aromatic rings. The van der Waals surface area contributed by atoms with E-state index in [0.29, 0.717) is 13.1 Å². The molecule has 8 heteroatoms. The number of aryl methyl sites for hydroxylation is 1. The van der Waals surface area contributed by atoms with Crippen LogP contribution in [-0.2, 0) is 20.8 Å². The Labute approximate surface area is 242 Å². The number of anilines is 1. The third kappa shape index (κ3) is 7.01. The minimum Gasteiger partial charge on any atom is -0.353 e. The van der Waals surface area contributed by atoms with Gasteiger partial charge in [0.05, 0.1) is 19.0 Å². The van der Waals surface area contributed by atoms with Gasteiger partial charge >= 0.3 is 0 Å². The van der Waals surface area contributed by atoms with Crippen molar-refractivity contribution in [2.75, 3.05) is 51.1 Å². The fourth-order valence-corrected chi connectivity index (χ4v) is 5.89. The van der Waals surface area contributed by atoms with Crippen molar-refractivity contribution in [2.45, 2.75) is 31.8 Å². The van der Waals surface area contributed by atoms with Gasteiger partial charge in [-0.3, -0.25) is 24.2 Å². The summed E-state index contributed by atoms with van der Waals surface area (Å²) in [7, 11) is 0. The maximum atomic E-state index is 13.5. The molecule has 5 rings (SSSR count). The molecule has 2 aliphatic rings. The molecule has 0 aromatic heterocycles. The highest BCUT2D eigenvalue weighted by Crippen LogP contribution is 2.29. The molecule has 0 aliphatic carbocycles. The van der Waals surface area contributed by atoms with Crippen molar-refractivity contribution in [1.82, 2.24) is 20.0 Å². The summed E-state index contributed by atoms with van der Waals surface area (Å²) in [6.07, 6.45) is 0.717. The van der Waals surface area contributed by atoms with Crippen LogP contribution in [0.5, 0.6) is 0 Å². The number of piperazine rings is 2. The van der Waals surface area contributed by atoms with Gasteiger partial charge in [0.2, 0.25) is 17.7 Å². The van der Waals surface area contributed by atoms with E-state index in [1.165, 1.54) is 11.1 Å². The minimum absolute atomic E-state index is 0.0702.